The second kappa shape index (κ2) is 5.70. The van der Waals surface area contributed by atoms with Gasteiger partial charge in [-0.25, -0.2) is 4.98 Å². The quantitative estimate of drug-likeness (QED) is 0.735. The zero-order chi connectivity index (χ0) is 14.7. The topological polar surface area (TPSA) is 98.6 Å². The van der Waals surface area contributed by atoms with Crippen molar-refractivity contribution >= 4 is 10.9 Å². The summed E-state index contributed by atoms with van der Waals surface area (Å²) < 4.78 is 6.80. The van der Waals surface area contributed by atoms with Crippen LogP contribution in [0.5, 0.6) is 5.75 Å². The van der Waals surface area contributed by atoms with Crippen molar-refractivity contribution < 1.29 is 4.74 Å². The summed E-state index contributed by atoms with van der Waals surface area (Å²) in [4.78, 5) is 16.7. The lowest BCUT2D eigenvalue weighted by atomic mass is 10.2. The summed E-state index contributed by atoms with van der Waals surface area (Å²) in [6.07, 6.45) is 2.93. The molecule has 0 spiro atoms. The molecule has 0 amide bonds. The van der Waals surface area contributed by atoms with Crippen molar-refractivity contribution in [3.8, 4) is 5.75 Å². The molecule has 1 aromatic carbocycles. The SMILES string of the molecule is COc1cccc2c(=O)n(CCCc3nn[nH]n3)cnc12. The number of rotatable bonds is 5. The summed E-state index contributed by atoms with van der Waals surface area (Å²) >= 11 is 0. The van der Waals surface area contributed by atoms with Crippen molar-refractivity contribution in [1.82, 2.24) is 30.2 Å². The first-order valence-electron chi connectivity index (χ1n) is 6.54. The normalized spacial score (nSPS) is 10.9. The maximum absolute atomic E-state index is 12.4. The lowest BCUT2D eigenvalue weighted by Gasteiger charge is -2.08. The van der Waals surface area contributed by atoms with E-state index >= 15 is 0 Å². The maximum atomic E-state index is 12.4. The van der Waals surface area contributed by atoms with Gasteiger partial charge >= 0.3 is 0 Å². The van der Waals surface area contributed by atoms with Gasteiger partial charge in [0.05, 0.1) is 18.8 Å². The van der Waals surface area contributed by atoms with E-state index in [9.17, 15) is 4.79 Å². The largest absolute Gasteiger partial charge is 0.494 e. The number of tetrazole rings is 1. The molecule has 0 atom stereocenters. The van der Waals surface area contributed by atoms with E-state index in [1.54, 1.807) is 36.2 Å². The van der Waals surface area contributed by atoms with Gasteiger partial charge in [-0.2, -0.15) is 5.21 Å². The lowest BCUT2D eigenvalue weighted by molar-refractivity contribution is 0.418. The third-order valence-electron chi connectivity index (χ3n) is 3.23. The Hall–Kier alpha value is -2.77. The molecule has 0 unspecified atom stereocenters. The number of ether oxygens (including phenoxy) is 1. The van der Waals surface area contributed by atoms with E-state index in [1.807, 2.05) is 0 Å². The molecule has 0 saturated heterocycles. The number of methoxy groups -OCH3 is 1. The first-order chi connectivity index (χ1) is 10.3. The molecular weight excluding hydrogens is 272 g/mol. The van der Waals surface area contributed by atoms with Gasteiger partial charge in [0.15, 0.2) is 5.82 Å². The summed E-state index contributed by atoms with van der Waals surface area (Å²) in [6.45, 7) is 0.549. The summed E-state index contributed by atoms with van der Waals surface area (Å²) in [5.74, 6) is 1.24. The number of aryl methyl sites for hydroxylation is 2. The fourth-order valence-electron chi connectivity index (χ4n) is 2.18. The fraction of sp³-hybridized carbons (Fsp3) is 0.308. The van der Waals surface area contributed by atoms with Gasteiger partial charge < -0.3 is 4.74 Å². The monoisotopic (exact) mass is 286 g/mol. The average Bonchev–Trinajstić information content (AvgIpc) is 3.02. The van der Waals surface area contributed by atoms with Crippen LogP contribution in [0.15, 0.2) is 29.3 Å². The van der Waals surface area contributed by atoms with E-state index in [2.05, 4.69) is 25.6 Å². The third kappa shape index (κ3) is 2.60. The molecule has 2 aromatic heterocycles. The van der Waals surface area contributed by atoms with E-state index < -0.39 is 0 Å². The van der Waals surface area contributed by atoms with Gasteiger partial charge in [-0.05, 0) is 18.6 Å². The number of nitrogens with one attached hydrogen (secondary N) is 1. The Morgan fingerprint density at radius 3 is 3.05 bits per heavy atom. The summed E-state index contributed by atoms with van der Waals surface area (Å²) in [5.41, 5.74) is 0.506. The highest BCUT2D eigenvalue weighted by Gasteiger charge is 2.08. The number of aromatic nitrogens is 6. The molecule has 21 heavy (non-hydrogen) atoms. The van der Waals surface area contributed by atoms with E-state index in [1.165, 1.54) is 0 Å². The van der Waals surface area contributed by atoms with Gasteiger partial charge in [-0.1, -0.05) is 11.3 Å². The number of para-hydroxylation sites is 1. The van der Waals surface area contributed by atoms with Gasteiger partial charge in [0, 0.05) is 13.0 Å². The minimum atomic E-state index is -0.0768. The molecule has 8 heteroatoms. The first kappa shape index (κ1) is 13.2. The second-order valence-corrected chi connectivity index (χ2v) is 4.53. The van der Waals surface area contributed by atoms with Crippen molar-refractivity contribution in [2.24, 2.45) is 0 Å². The van der Waals surface area contributed by atoms with Gasteiger partial charge in [0.1, 0.15) is 11.3 Å². The second-order valence-electron chi connectivity index (χ2n) is 4.53. The molecule has 0 saturated carbocycles. The van der Waals surface area contributed by atoms with E-state index in [0.29, 0.717) is 35.4 Å². The maximum Gasteiger partial charge on any atom is 0.261 e. The number of aromatic amines is 1. The highest BCUT2D eigenvalue weighted by Crippen LogP contribution is 2.19. The predicted octanol–water partition coefficient (Wildman–Crippen LogP) is 0.551. The third-order valence-corrected chi connectivity index (χ3v) is 3.23. The zero-order valence-corrected chi connectivity index (χ0v) is 11.5. The predicted molar refractivity (Wildman–Crippen MR) is 75.1 cm³/mol. The van der Waals surface area contributed by atoms with Gasteiger partial charge in [0.2, 0.25) is 0 Å². The van der Waals surface area contributed by atoms with Crippen molar-refractivity contribution in [2.45, 2.75) is 19.4 Å². The number of benzene rings is 1. The van der Waals surface area contributed by atoms with Crippen LogP contribution in [0.1, 0.15) is 12.2 Å². The van der Waals surface area contributed by atoms with Gasteiger partial charge in [-0.3, -0.25) is 9.36 Å². The molecular formula is C13H14N6O2. The van der Waals surface area contributed by atoms with Gasteiger partial charge in [0.25, 0.3) is 5.56 Å². The molecule has 2 heterocycles. The molecule has 0 aliphatic rings. The number of hydrogen-bond donors (Lipinski definition) is 1. The van der Waals surface area contributed by atoms with Crippen molar-refractivity contribution in [2.75, 3.05) is 7.11 Å². The summed E-state index contributed by atoms with van der Waals surface area (Å²) in [7, 11) is 1.56. The summed E-state index contributed by atoms with van der Waals surface area (Å²) in [5, 5.41) is 14.2. The molecule has 0 radical (unpaired) electrons. The first-order valence-corrected chi connectivity index (χ1v) is 6.54. The lowest BCUT2D eigenvalue weighted by Crippen LogP contribution is -2.21. The highest BCUT2D eigenvalue weighted by molar-refractivity contribution is 5.83. The van der Waals surface area contributed by atoms with Crippen molar-refractivity contribution in [3.63, 3.8) is 0 Å². The van der Waals surface area contributed by atoms with Gasteiger partial charge in [-0.15, -0.1) is 10.2 Å². The van der Waals surface area contributed by atoms with Crippen LogP contribution < -0.4 is 10.3 Å². The Balaban J connectivity index is 1.83. The zero-order valence-electron chi connectivity index (χ0n) is 11.5. The molecule has 1 N–H and O–H groups in total. The Kier molecular flexibility index (Phi) is 3.59. The molecule has 0 aliphatic heterocycles. The van der Waals surface area contributed by atoms with Crippen LogP contribution in [0.2, 0.25) is 0 Å². The van der Waals surface area contributed by atoms with E-state index in [4.69, 9.17) is 4.74 Å². The molecule has 0 bridgehead atoms. The highest BCUT2D eigenvalue weighted by atomic mass is 16.5. The van der Waals surface area contributed by atoms with E-state index in [-0.39, 0.29) is 5.56 Å². The molecule has 3 rings (SSSR count). The number of nitrogens with zero attached hydrogens (tertiary/aromatic N) is 5. The Bertz CT molecular complexity index is 796. The number of H-pyrrole nitrogens is 1. The standard InChI is InChI=1S/C13H14N6O2/c1-21-10-5-2-4-9-12(10)14-8-19(13(9)20)7-3-6-11-15-17-18-16-11/h2,4-5,8H,3,6-7H2,1H3,(H,15,16,17,18). The molecule has 3 aromatic rings. The van der Waals surface area contributed by atoms with Crippen LogP contribution in [0.3, 0.4) is 0 Å². The average molecular weight is 286 g/mol. The van der Waals surface area contributed by atoms with Crippen LogP contribution in [0.25, 0.3) is 10.9 Å². The van der Waals surface area contributed by atoms with E-state index in [0.717, 1.165) is 6.42 Å². The Labute approximate surface area is 119 Å². The van der Waals surface area contributed by atoms with Crippen molar-refractivity contribution in [1.29, 1.82) is 0 Å². The number of fused-ring (bicyclic) bond motifs is 1. The van der Waals surface area contributed by atoms with Crippen LogP contribution >= 0.6 is 0 Å². The molecule has 8 nitrogen and oxygen atoms in total. The molecule has 0 aliphatic carbocycles. The minimum absolute atomic E-state index is 0.0768. The number of hydrogen-bond acceptors (Lipinski definition) is 6. The summed E-state index contributed by atoms with van der Waals surface area (Å²) in [6, 6.07) is 5.33. The van der Waals surface area contributed by atoms with Crippen LogP contribution in [0.4, 0.5) is 0 Å². The Morgan fingerprint density at radius 2 is 2.29 bits per heavy atom. The van der Waals surface area contributed by atoms with Crippen LogP contribution in [-0.2, 0) is 13.0 Å². The smallest absolute Gasteiger partial charge is 0.261 e. The van der Waals surface area contributed by atoms with Crippen LogP contribution in [0, 0.1) is 0 Å². The minimum Gasteiger partial charge on any atom is -0.494 e. The molecule has 0 fully saturated rings. The molecule has 108 valence electrons. The van der Waals surface area contributed by atoms with Crippen molar-refractivity contribution in [3.05, 3.63) is 40.7 Å². The fourth-order valence-corrected chi connectivity index (χ4v) is 2.18. The Morgan fingerprint density at radius 1 is 1.38 bits per heavy atom. The van der Waals surface area contributed by atoms with Crippen LogP contribution in [-0.4, -0.2) is 37.3 Å².